The van der Waals surface area contributed by atoms with Gasteiger partial charge in [-0.3, -0.25) is 0 Å². The van der Waals surface area contributed by atoms with Gasteiger partial charge in [-0.15, -0.1) is 0 Å². The van der Waals surface area contributed by atoms with Crippen molar-refractivity contribution in [2.24, 2.45) is 5.16 Å². The summed E-state index contributed by atoms with van der Waals surface area (Å²) in [6, 6.07) is 7.44. The van der Waals surface area contributed by atoms with E-state index in [0.29, 0.717) is 52.9 Å². The molecule has 8 heteroatoms. The second-order valence-corrected chi connectivity index (χ2v) is 9.35. The van der Waals surface area contributed by atoms with Crippen LogP contribution in [0.3, 0.4) is 0 Å². The minimum absolute atomic E-state index is 0.144. The second-order valence-electron chi connectivity index (χ2n) is 9.03. The lowest BCUT2D eigenvalue weighted by Gasteiger charge is -2.46. The highest BCUT2D eigenvalue weighted by Crippen LogP contribution is 2.57. The average Bonchev–Trinajstić information content (AvgIpc) is 3.44. The number of fused-ring (bicyclic) bond motifs is 4. The predicted octanol–water partition coefficient (Wildman–Crippen LogP) is 4.43. The maximum Gasteiger partial charge on any atom is 0.187 e. The summed E-state index contributed by atoms with van der Waals surface area (Å²) < 4.78 is 23.3. The van der Waals surface area contributed by atoms with Crippen LogP contribution in [0, 0.1) is 0 Å². The van der Waals surface area contributed by atoms with Gasteiger partial charge in [0.2, 0.25) is 0 Å². The standard InChI is InChI=1S/C26H29NO6S/c1-6-25-12-31-20-11-22(30-5)21(29-4)10-17(20)26(25,13-34)24(27-33-25)15-7-8-18-16(23(15)28)9-19(32-18)14(2)3/h7-8,10-11,19,28,34H,2,6,9,12-13H2,1,3-5H3/t19-,25?,26?/m1/s1. The first-order chi connectivity index (χ1) is 16.4. The van der Waals surface area contributed by atoms with Crippen LogP contribution in [0.5, 0.6) is 28.7 Å². The van der Waals surface area contributed by atoms with E-state index in [4.69, 9.17) is 36.4 Å². The number of nitrogens with zero attached hydrogens (tertiary/aromatic N) is 1. The number of ether oxygens (including phenoxy) is 4. The largest absolute Gasteiger partial charge is 0.507 e. The Bertz CT molecular complexity index is 1210. The van der Waals surface area contributed by atoms with Crippen LogP contribution < -0.4 is 18.9 Å². The molecule has 34 heavy (non-hydrogen) atoms. The molecule has 0 saturated carbocycles. The average molecular weight is 484 g/mol. The van der Waals surface area contributed by atoms with Crippen LogP contribution in [0.4, 0.5) is 0 Å². The monoisotopic (exact) mass is 483 g/mol. The van der Waals surface area contributed by atoms with Crippen molar-refractivity contribution >= 4 is 18.3 Å². The summed E-state index contributed by atoms with van der Waals surface area (Å²) in [5, 5.41) is 16.0. The van der Waals surface area contributed by atoms with Crippen LogP contribution in [-0.4, -0.2) is 49.1 Å². The minimum Gasteiger partial charge on any atom is -0.507 e. The molecule has 2 aromatic rings. The summed E-state index contributed by atoms with van der Waals surface area (Å²) in [4.78, 5) is 6.16. The van der Waals surface area contributed by atoms with E-state index in [2.05, 4.69) is 11.7 Å². The van der Waals surface area contributed by atoms with Gasteiger partial charge in [0.25, 0.3) is 0 Å². The SMILES string of the molecule is C=C(C)[C@H]1Cc2c(ccc(C3=NOC4(CC)COc5cc(OC)c(OC)cc5C34CS)c2O)O1. The Labute approximate surface area is 204 Å². The number of oxime groups is 1. The maximum atomic E-state index is 11.4. The van der Waals surface area contributed by atoms with Gasteiger partial charge >= 0.3 is 0 Å². The van der Waals surface area contributed by atoms with Crippen molar-refractivity contribution in [1.29, 1.82) is 0 Å². The lowest BCUT2D eigenvalue weighted by atomic mass is 9.62. The zero-order valence-corrected chi connectivity index (χ0v) is 20.7. The van der Waals surface area contributed by atoms with E-state index < -0.39 is 11.0 Å². The lowest BCUT2D eigenvalue weighted by molar-refractivity contribution is -0.0924. The molecule has 0 aliphatic carbocycles. The van der Waals surface area contributed by atoms with E-state index in [1.54, 1.807) is 14.2 Å². The molecule has 3 atom stereocenters. The fourth-order valence-corrected chi connectivity index (χ4v) is 5.97. The first kappa shape index (κ1) is 22.8. The molecule has 7 nitrogen and oxygen atoms in total. The van der Waals surface area contributed by atoms with Crippen molar-refractivity contribution in [3.05, 3.63) is 53.1 Å². The molecule has 3 aliphatic rings. The van der Waals surface area contributed by atoms with Gasteiger partial charge in [0.05, 0.1) is 19.6 Å². The number of aromatic hydroxyl groups is 1. The second kappa shape index (κ2) is 8.05. The van der Waals surface area contributed by atoms with Gasteiger partial charge in [-0.1, -0.05) is 18.7 Å². The molecule has 0 radical (unpaired) electrons. The summed E-state index contributed by atoms with van der Waals surface area (Å²) >= 11 is 4.83. The fraction of sp³-hybridized carbons (Fsp3) is 0.423. The molecule has 2 unspecified atom stereocenters. The van der Waals surface area contributed by atoms with Gasteiger partial charge in [-0.2, -0.15) is 12.6 Å². The summed E-state index contributed by atoms with van der Waals surface area (Å²) in [7, 11) is 3.19. The van der Waals surface area contributed by atoms with Crippen molar-refractivity contribution < 1.29 is 28.9 Å². The highest BCUT2D eigenvalue weighted by Gasteiger charge is 2.65. The molecule has 3 aliphatic heterocycles. The van der Waals surface area contributed by atoms with E-state index in [0.717, 1.165) is 16.7 Å². The van der Waals surface area contributed by atoms with Crippen molar-refractivity contribution in [2.75, 3.05) is 26.6 Å². The highest BCUT2D eigenvalue weighted by atomic mass is 32.1. The van der Waals surface area contributed by atoms with Gasteiger partial charge in [-0.05, 0) is 37.1 Å². The molecule has 1 N–H and O–H groups in total. The topological polar surface area (TPSA) is 78.7 Å². The first-order valence-corrected chi connectivity index (χ1v) is 11.9. The smallest absolute Gasteiger partial charge is 0.187 e. The zero-order chi connectivity index (χ0) is 24.3. The Balaban J connectivity index is 1.71. The number of hydrogen-bond donors (Lipinski definition) is 2. The molecule has 0 amide bonds. The van der Waals surface area contributed by atoms with Crippen molar-refractivity contribution in [1.82, 2.24) is 0 Å². The summed E-state index contributed by atoms with van der Waals surface area (Å²) in [6.07, 6.45) is 1.02. The summed E-state index contributed by atoms with van der Waals surface area (Å²) in [5.41, 5.74) is 2.11. The Hall–Kier alpha value is -3.00. The molecule has 180 valence electrons. The number of methoxy groups -OCH3 is 2. The van der Waals surface area contributed by atoms with Crippen LogP contribution in [0.1, 0.15) is 37.0 Å². The normalized spacial score (nSPS) is 26.3. The third-order valence-electron chi connectivity index (χ3n) is 7.41. The molecule has 3 heterocycles. The van der Waals surface area contributed by atoms with E-state index in [-0.39, 0.29) is 18.5 Å². The molecular formula is C26H29NO6S. The van der Waals surface area contributed by atoms with E-state index in [1.165, 1.54) is 0 Å². The molecule has 0 fully saturated rings. The zero-order valence-electron chi connectivity index (χ0n) is 19.8. The van der Waals surface area contributed by atoms with Crippen molar-refractivity contribution in [2.45, 2.75) is 43.8 Å². The van der Waals surface area contributed by atoms with Gasteiger partial charge in [-0.25, -0.2) is 0 Å². The van der Waals surface area contributed by atoms with Crippen LogP contribution >= 0.6 is 12.6 Å². The number of phenolic OH excluding ortho intramolecular Hbond substituents is 1. The molecule has 0 spiro atoms. The third-order valence-corrected chi connectivity index (χ3v) is 7.89. The van der Waals surface area contributed by atoms with Crippen molar-refractivity contribution in [3.8, 4) is 28.7 Å². The highest BCUT2D eigenvalue weighted by molar-refractivity contribution is 7.80. The number of thiol groups is 1. The van der Waals surface area contributed by atoms with Gasteiger partial charge in [0.15, 0.2) is 17.1 Å². The van der Waals surface area contributed by atoms with E-state index in [9.17, 15) is 5.11 Å². The van der Waals surface area contributed by atoms with Crippen LogP contribution in [0.15, 0.2) is 41.6 Å². The summed E-state index contributed by atoms with van der Waals surface area (Å²) in [6.45, 7) is 8.26. The summed E-state index contributed by atoms with van der Waals surface area (Å²) in [5.74, 6) is 2.98. The fourth-order valence-electron chi connectivity index (χ4n) is 5.36. The minimum atomic E-state index is -0.795. The number of hydrogen-bond acceptors (Lipinski definition) is 8. The molecule has 0 aromatic heterocycles. The Kier molecular flexibility index (Phi) is 5.39. The number of rotatable bonds is 6. The van der Waals surface area contributed by atoms with Crippen molar-refractivity contribution in [3.63, 3.8) is 0 Å². The molecule has 2 aromatic carbocycles. The predicted molar refractivity (Wildman–Crippen MR) is 132 cm³/mol. The number of benzene rings is 2. The van der Waals surface area contributed by atoms with Gasteiger partial charge < -0.3 is 28.9 Å². The van der Waals surface area contributed by atoms with Gasteiger partial charge in [0, 0.05) is 34.9 Å². The quantitative estimate of drug-likeness (QED) is 0.468. The van der Waals surface area contributed by atoms with E-state index >= 15 is 0 Å². The maximum absolute atomic E-state index is 11.4. The van der Waals surface area contributed by atoms with E-state index in [1.807, 2.05) is 38.1 Å². The third kappa shape index (κ3) is 2.87. The number of phenols is 1. The van der Waals surface area contributed by atoms with Crippen LogP contribution in [-0.2, 0) is 16.7 Å². The first-order valence-electron chi connectivity index (χ1n) is 11.3. The molecule has 0 saturated heterocycles. The Morgan fingerprint density at radius 3 is 2.62 bits per heavy atom. The van der Waals surface area contributed by atoms with Crippen LogP contribution in [0.2, 0.25) is 0 Å². The Morgan fingerprint density at radius 1 is 1.24 bits per heavy atom. The van der Waals surface area contributed by atoms with Crippen LogP contribution in [0.25, 0.3) is 0 Å². The lowest BCUT2D eigenvalue weighted by Crippen LogP contribution is -2.60. The molecular weight excluding hydrogens is 454 g/mol. The Morgan fingerprint density at radius 2 is 1.97 bits per heavy atom. The molecule has 5 rings (SSSR count). The van der Waals surface area contributed by atoms with Gasteiger partial charge in [0.1, 0.15) is 35.7 Å². The molecule has 0 bridgehead atoms.